The molecule has 0 amide bonds. The van der Waals surface area contributed by atoms with Gasteiger partial charge in [0, 0.05) is 22.8 Å². The number of aromatic nitrogens is 1. The van der Waals surface area contributed by atoms with E-state index in [9.17, 15) is 0 Å². The highest BCUT2D eigenvalue weighted by Gasteiger charge is 2.16. The van der Waals surface area contributed by atoms with Crippen molar-refractivity contribution in [3.05, 3.63) is 58.2 Å². The predicted molar refractivity (Wildman–Crippen MR) is 89.6 cm³/mol. The summed E-state index contributed by atoms with van der Waals surface area (Å²) < 4.78 is 0. The van der Waals surface area contributed by atoms with E-state index in [1.165, 1.54) is 0 Å². The summed E-state index contributed by atoms with van der Waals surface area (Å²) in [5.74, 6) is 0.584. The molecule has 3 nitrogen and oxygen atoms in total. The third-order valence-electron chi connectivity index (χ3n) is 3.48. The topological polar surface area (TPSA) is 50.9 Å². The van der Waals surface area contributed by atoms with Crippen LogP contribution in [0.5, 0.6) is 0 Å². The molecule has 0 bridgehead atoms. The lowest BCUT2D eigenvalue weighted by Crippen LogP contribution is -2.25. The van der Waals surface area contributed by atoms with Gasteiger partial charge in [0.1, 0.15) is 5.82 Å². The summed E-state index contributed by atoms with van der Waals surface area (Å²) in [5.41, 5.74) is 9.35. The van der Waals surface area contributed by atoms with Crippen LogP contribution in [0.3, 0.4) is 0 Å². The standard InChI is InChI=1S/C17H22ClN3/c1-3-8-20-16(10-13-6-4-5-7-15(13)18)14-9-12(2)11-21-17(14)19/h4-7,9,11,16,20H,3,8,10H2,1-2H3,(H2,19,21). The average Bonchev–Trinajstić information content (AvgIpc) is 2.48. The summed E-state index contributed by atoms with van der Waals surface area (Å²) in [7, 11) is 0. The molecule has 2 rings (SSSR count). The van der Waals surface area contributed by atoms with Crippen molar-refractivity contribution in [2.45, 2.75) is 32.7 Å². The summed E-state index contributed by atoms with van der Waals surface area (Å²) in [5, 5.41) is 4.34. The minimum Gasteiger partial charge on any atom is -0.383 e. The fourth-order valence-corrected chi connectivity index (χ4v) is 2.59. The maximum Gasteiger partial charge on any atom is 0.128 e. The van der Waals surface area contributed by atoms with E-state index in [1.807, 2.05) is 25.1 Å². The first-order valence-corrected chi connectivity index (χ1v) is 7.68. The molecule has 112 valence electrons. The Bertz CT molecular complexity index is 598. The summed E-state index contributed by atoms with van der Waals surface area (Å²) in [4.78, 5) is 4.28. The van der Waals surface area contributed by atoms with Gasteiger partial charge in [0.05, 0.1) is 0 Å². The van der Waals surface area contributed by atoms with Gasteiger partial charge in [-0.2, -0.15) is 0 Å². The summed E-state index contributed by atoms with van der Waals surface area (Å²) in [6.07, 6.45) is 3.67. The molecule has 0 saturated heterocycles. The van der Waals surface area contributed by atoms with E-state index in [4.69, 9.17) is 17.3 Å². The molecule has 21 heavy (non-hydrogen) atoms. The number of hydrogen-bond donors (Lipinski definition) is 2. The van der Waals surface area contributed by atoms with Crippen LogP contribution in [0.25, 0.3) is 0 Å². The van der Waals surface area contributed by atoms with E-state index in [1.54, 1.807) is 6.20 Å². The van der Waals surface area contributed by atoms with Crippen LogP contribution < -0.4 is 11.1 Å². The SMILES string of the molecule is CCCNC(Cc1ccccc1Cl)c1cc(C)cnc1N. The third-order valence-corrected chi connectivity index (χ3v) is 3.85. The molecule has 1 aromatic carbocycles. The molecule has 0 saturated carbocycles. The van der Waals surface area contributed by atoms with E-state index in [0.717, 1.165) is 41.1 Å². The largest absolute Gasteiger partial charge is 0.383 e. The molecule has 0 radical (unpaired) electrons. The van der Waals surface area contributed by atoms with Gasteiger partial charge < -0.3 is 11.1 Å². The molecule has 4 heteroatoms. The average molecular weight is 304 g/mol. The minimum atomic E-state index is 0.122. The fourth-order valence-electron chi connectivity index (χ4n) is 2.38. The van der Waals surface area contributed by atoms with Gasteiger partial charge in [0.15, 0.2) is 0 Å². The normalized spacial score (nSPS) is 12.3. The lowest BCUT2D eigenvalue weighted by Gasteiger charge is -2.21. The summed E-state index contributed by atoms with van der Waals surface area (Å²) in [6, 6.07) is 10.2. The molecule has 0 aliphatic heterocycles. The Balaban J connectivity index is 2.30. The maximum atomic E-state index is 6.29. The van der Waals surface area contributed by atoms with Crippen molar-refractivity contribution in [1.29, 1.82) is 0 Å². The highest BCUT2D eigenvalue weighted by atomic mass is 35.5. The number of pyridine rings is 1. The van der Waals surface area contributed by atoms with Crippen molar-refractivity contribution in [3.63, 3.8) is 0 Å². The first-order valence-electron chi connectivity index (χ1n) is 7.30. The van der Waals surface area contributed by atoms with Crippen LogP contribution in [-0.4, -0.2) is 11.5 Å². The van der Waals surface area contributed by atoms with Crippen LogP contribution in [0.4, 0.5) is 5.82 Å². The quantitative estimate of drug-likeness (QED) is 0.850. The zero-order valence-corrected chi connectivity index (χ0v) is 13.3. The monoisotopic (exact) mass is 303 g/mol. The number of nitrogens with two attached hydrogens (primary N) is 1. The Hall–Kier alpha value is -1.58. The van der Waals surface area contributed by atoms with Crippen LogP contribution >= 0.6 is 11.6 Å². The second-order valence-electron chi connectivity index (χ2n) is 5.29. The Morgan fingerprint density at radius 1 is 1.33 bits per heavy atom. The van der Waals surface area contributed by atoms with Crippen LogP contribution in [-0.2, 0) is 6.42 Å². The van der Waals surface area contributed by atoms with Crippen molar-refractivity contribution in [1.82, 2.24) is 10.3 Å². The van der Waals surface area contributed by atoms with Gasteiger partial charge in [-0.3, -0.25) is 0 Å². The van der Waals surface area contributed by atoms with Gasteiger partial charge >= 0.3 is 0 Å². The first kappa shape index (κ1) is 15.8. The predicted octanol–water partition coefficient (Wildman–Crippen LogP) is 3.91. The molecule has 1 aromatic heterocycles. The molecule has 1 heterocycles. The van der Waals surface area contributed by atoms with Crippen molar-refractivity contribution in [3.8, 4) is 0 Å². The number of anilines is 1. The second kappa shape index (κ2) is 7.43. The molecule has 3 N–H and O–H groups in total. The molecule has 2 aromatic rings. The molecule has 0 aliphatic carbocycles. The van der Waals surface area contributed by atoms with Gasteiger partial charge in [-0.25, -0.2) is 4.98 Å². The highest BCUT2D eigenvalue weighted by molar-refractivity contribution is 6.31. The molecule has 1 unspecified atom stereocenters. The number of rotatable bonds is 6. The lowest BCUT2D eigenvalue weighted by atomic mass is 9.98. The maximum absolute atomic E-state index is 6.29. The van der Waals surface area contributed by atoms with Crippen molar-refractivity contribution in [2.75, 3.05) is 12.3 Å². The molecule has 1 atom stereocenters. The van der Waals surface area contributed by atoms with Crippen molar-refractivity contribution < 1.29 is 0 Å². The smallest absolute Gasteiger partial charge is 0.128 e. The number of hydrogen-bond acceptors (Lipinski definition) is 3. The second-order valence-corrected chi connectivity index (χ2v) is 5.70. The van der Waals surface area contributed by atoms with Crippen LogP contribution in [0, 0.1) is 6.92 Å². The van der Waals surface area contributed by atoms with Crippen molar-refractivity contribution in [2.24, 2.45) is 0 Å². The van der Waals surface area contributed by atoms with E-state index in [-0.39, 0.29) is 6.04 Å². The Kier molecular flexibility index (Phi) is 5.59. The molecule has 0 spiro atoms. The third kappa shape index (κ3) is 4.19. The highest BCUT2D eigenvalue weighted by Crippen LogP contribution is 2.26. The van der Waals surface area contributed by atoms with E-state index >= 15 is 0 Å². The molecular weight excluding hydrogens is 282 g/mol. The van der Waals surface area contributed by atoms with Gasteiger partial charge in [0.2, 0.25) is 0 Å². The molecule has 0 aliphatic rings. The Morgan fingerprint density at radius 3 is 2.81 bits per heavy atom. The molecular formula is C17H22ClN3. The first-order chi connectivity index (χ1) is 10.1. The number of halogens is 1. The number of benzene rings is 1. The fraction of sp³-hybridized carbons (Fsp3) is 0.353. The Labute approximate surface area is 131 Å². The van der Waals surface area contributed by atoms with E-state index in [0.29, 0.717) is 5.82 Å². The Morgan fingerprint density at radius 2 is 2.10 bits per heavy atom. The summed E-state index contributed by atoms with van der Waals surface area (Å²) >= 11 is 6.29. The van der Waals surface area contributed by atoms with E-state index in [2.05, 4.69) is 29.4 Å². The van der Waals surface area contributed by atoms with Gasteiger partial charge in [0.25, 0.3) is 0 Å². The number of aryl methyl sites for hydroxylation is 1. The number of nitrogens with zero attached hydrogens (tertiary/aromatic N) is 1. The van der Waals surface area contributed by atoms with Crippen LogP contribution in [0.2, 0.25) is 5.02 Å². The zero-order valence-electron chi connectivity index (χ0n) is 12.6. The number of nitrogens with one attached hydrogen (secondary N) is 1. The van der Waals surface area contributed by atoms with Gasteiger partial charge in [-0.05, 0) is 49.6 Å². The van der Waals surface area contributed by atoms with Crippen LogP contribution in [0.1, 0.15) is 36.1 Å². The number of nitrogen functional groups attached to an aromatic ring is 1. The lowest BCUT2D eigenvalue weighted by molar-refractivity contribution is 0.529. The van der Waals surface area contributed by atoms with E-state index < -0.39 is 0 Å². The zero-order chi connectivity index (χ0) is 15.2. The van der Waals surface area contributed by atoms with Crippen LogP contribution in [0.15, 0.2) is 36.5 Å². The molecule has 0 fully saturated rings. The van der Waals surface area contributed by atoms with Crippen molar-refractivity contribution >= 4 is 17.4 Å². The van der Waals surface area contributed by atoms with Gasteiger partial charge in [-0.1, -0.05) is 36.7 Å². The van der Waals surface area contributed by atoms with Gasteiger partial charge in [-0.15, -0.1) is 0 Å². The summed E-state index contributed by atoms with van der Waals surface area (Å²) in [6.45, 7) is 5.11. The minimum absolute atomic E-state index is 0.122.